The molecule has 1 aliphatic rings. The number of nitrogens with one attached hydrogen (secondary N) is 1. The van der Waals surface area contributed by atoms with Crippen LogP contribution in [-0.4, -0.2) is 21.8 Å². The Hall–Kier alpha value is -0.640. The number of carbonyl (C=O) groups excluding carboxylic acids is 1. The van der Waals surface area contributed by atoms with Gasteiger partial charge in [0, 0.05) is 11.7 Å². The van der Waals surface area contributed by atoms with Crippen molar-refractivity contribution in [2.24, 2.45) is 0 Å². The first-order valence-corrected chi connectivity index (χ1v) is 4.80. The van der Waals surface area contributed by atoms with Gasteiger partial charge in [-0.2, -0.15) is 12.6 Å². The van der Waals surface area contributed by atoms with Crippen molar-refractivity contribution in [1.82, 2.24) is 10.2 Å². The average molecular weight is 200 g/mol. The summed E-state index contributed by atoms with van der Waals surface area (Å²) in [4.78, 5) is 13.2. The molecule has 1 aliphatic heterocycles. The van der Waals surface area contributed by atoms with E-state index in [9.17, 15) is 4.79 Å². The standard InChI is InChI=1S/C9H16N2OS/c1-6-5-11(9(2,3)4)8(12)10-7(6)13/h5,7,13H,1-4H3,(H,10,12). The van der Waals surface area contributed by atoms with Crippen LogP contribution in [0.1, 0.15) is 27.7 Å². The summed E-state index contributed by atoms with van der Waals surface area (Å²) in [6.45, 7) is 7.94. The van der Waals surface area contributed by atoms with Gasteiger partial charge in [-0.05, 0) is 33.3 Å². The first kappa shape index (κ1) is 10.4. The van der Waals surface area contributed by atoms with E-state index < -0.39 is 0 Å². The largest absolute Gasteiger partial charge is 0.323 e. The van der Waals surface area contributed by atoms with Gasteiger partial charge < -0.3 is 5.32 Å². The molecule has 1 rings (SSSR count). The van der Waals surface area contributed by atoms with Gasteiger partial charge in [0.05, 0.1) is 5.37 Å². The quantitative estimate of drug-likeness (QED) is 0.576. The normalized spacial score (nSPS) is 24.1. The fourth-order valence-corrected chi connectivity index (χ4v) is 1.31. The molecule has 0 fully saturated rings. The number of rotatable bonds is 0. The van der Waals surface area contributed by atoms with Gasteiger partial charge >= 0.3 is 6.03 Å². The molecule has 0 aromatic rings. The van der Waals surface area contributed by atoms with Crippen LogP contribution in [0, 0.1) is 0 Å². The fourth-order valence-electron chi connectivity index (χ4n) is 1.13. The summed E-state index contributed by atoms with van der Waals surface area (Å²) < 4.78 is 0. The number of urea groups is 1. The van der Waals surface area contributed by atoms with E-state index in [1.165, 1.54) is 0 Å². The molecular weight excluding hydrogens is 184 g/mol. The van der Waals surface area contributed by atoms with Gasteiger partial charge in [-0.1, -0.05) is 0 Å². The maximum Gasteiger partial charge on any atom is 0.323 e. The molecule has 3 nitrogen and oxygen atoms in total. The number of amides is 2. The van der Waals surface area contributed by atoms with E-state index >= 15 is 0 Å². The first-order valence-electron chi connectivity index (χ1n) is 4.28. The van der Waals surface area contributed by atoms with E-state index in [4.69, 9.17) is 0 Å². The Balaban J connectivity index is 2.94. The Bertz CT molecular complexity index is 255. The molecule has 1 unspecified atom stereocenters. The SMILES string of the molecule is CC1=CN(C(C)(C)C)C(=O)NC1S. The Labute approximate surface area is 84.6 Å². The number of thiol groups is 1. The zero-order valence-electron chi connectivity index (χ0n) is 8.46. The molecule has 0 aliphatic carbocycles. The summed E-state index contributed by atoms with van der Waals surface area (Å²) in [5, 5.41) is 2.62. The highest BCUT2D eigenvalue weighted by Crippen LogP contribution is 2.21. The van der Waals surface area contributed by atoms with Crippen LogP contribution in [0.3, 0.4) is 0 Å². The van der Waals surface area contributed by atoms with Gasteiger partial charge in [-0.15, -0.1) is 0 Å². The summed E-state index contributed by atoms with van der Waals surface area (Å²) in [6, 6.07) is -0.0851. The third-order valence-corrected chi connectivity index (χ3v) is 2.50. The Kier molecular flexibility index (Phi) is 2.61. The molecule has 0 saturated heterocycles. The van der Waals surface area contributed by atoms with Gasteiger partial charge in [-0.3, -0.25) is 4.90 Å². The van der Waals surface area contributed by atoms with Gasteiger partial charge in [0.15, 0.2) is 0 Å². The van der Waals surface area contributed by atoms with Crippen molar-refractivity contribution >= 4 is 18.7 Å². The lowest BCUT2D eigenvalue weighted by molar-refractivity contribution is 0.173. The third-order valence-electron chi connectivity index (χ3n) is 1.97. The van der Waals surface area contributed by atoms with Crippen molar-refractivity contribution in [3.8, 4) is 0 Å². The molecule has 1 atom stereocenters. The predicted octanol–water partition coefficient (Wildman–Crippen LogP) is 1.97. The smallest absolute Gasteiger partial charge is 0.322 e. The van der Waals surface area contributed by atoms with Gasteiger partial charge in [0.2, 0.25) is 0 Å². The number of hydrogen-bond donors (Lipinski definition) is 2. The summed E-state index contributed by atoms with van der Waals surface area (Å²) in [5.74, 6) is 0. The molecule has 0 spiro atoms. The average Bonchev–Trinajstić information content (AvgIpc) is 1.94. The number of carbonyl (C=O) groups is 1. The van der Waals surface area contributed by atoms with Crippen LogP contribution in [0.15, 0.2) is 11.8 Å². The van der Waals surface area contributed by atoms with Crippen LogP contribution in [-0.2, 0) is 0 Å². The van der Waals surface area contributed by atoms with Crippen LogP contribution < -0.4 is 5.32 Å². The second-order valence-corrected chi connectivity index (χ2v) is 4.78. The molecule has 0 radical (unpaired) electrons. The zero-order chi connectivity index (χ0) is 10.2. The van der Waals surface area contributed by atoms with E-state index in [1.807, 2.05) is 33.9 Å². The monoisotopic (exact) mass is 200 g/mol. The van der Waals surface area contributed by atoms with Gasteiger partial charge in [-0.25, -0.2) is 4.79 Å². The van der Waals surface area contributed by atoms with Crippen molar-refractivity contribution in [2.75, 3.05) is 0 Å². The molecule has 0 aromatic carbocycles. The van der Waals surface area contributed by atoms with Crippen molar-refractivity contribution in [3.63, 3.8) is 0 Å². The number of nitrogens with zero attached hydrogens (tertiary/aromatic N) is 1. The van der Waals surface area contributed by atoms with Crippen molar-refractivity contribution in [3.05, 3.63) is 11.8 Å². The molecule has 74 valence electrons. The topological polar surface area (TPSA) is 32.3 Å². The van der Waals surface area contributed by atoms with E-state index in [1.54, 1.807) is 4.90 Å². The second kappa shape index (κ2) is 3.25. The Morgan fingerprint density at radius 1 is 1.54 bits per heavy atom. The molecule has 0 bridgehead atoms. The minimum atomic E-state index is -0.181. The minimum absolute atomic E-state index is 0.0851. The van der Waals surface area contributed by atoms with Crippen LogP contribution in [0.25, 0.3) is 0 Å². The molecule has 0 aromatic heterocycles. The Morgan fingerprint density at radius 3 is 2.54 bits per heavy atom. The highest BCUT2D eigenvalue weighted by Gasteiger charge is 2.29. The molecule has 1 heterocycles. The van der Waals surface area contributed by atoms with E-state index in [-0.39, 0.29) is 16.9 Å². The summed E-state index contributed by atoms with van der Waals surface area (Å²) in [5.41, 5.74) is 0.872. The van der Waals surface area contributed by atoms with Crippen LogP contribution >= 0.6 is 12.6 Å². The van der Waals surface area contributed by atoms with Gasteiger partial charge in [0.25, 0.3) is 0 Å². The second-order valence-electron chi connectivity index (χ2n) is 4.27. The summed E-state index contributed by atoms with van der Waals surface area (Å²) in [7, 11) is 0. The first-order chi connectivity index (χ1) is 5.82. The van der Waals surface area contributed by atoms with E-state index in [0.717, 1.165) is 5.57 Å². The van der Waals surface area contributed by atoms with E-state index in [2.05, 4.69) is 17.9 Å². The minimum Gasteiger partial charge on any atom is -0.322 e. The predicted molar refractivity (Wildman–Crippen MR) is 56.7 cm³/mol. The molecule has 1 N–H and O–H groups in total. The Morgan fingerprint density at radius 2 is 2.08 bits per heavy atom. The fraction of sp³-hybridized carbons (Fsp3) is 0.667. The van der Waals surface area contributed by atoms with Gasteiger partial charge in [0.1, 0.15) is 0 Å². The van der Waals surface area contributed by atoms with Crippen LogP contribution in [0.5, 0.6) is 0 Å². The molecular formula is C9H16N2OS. The lowest BCUT2D eigenvalue weighted by atomic mass is 10.1. The molecule has 13 heavy (non-hydrogen) atoms. The van der Waals surface area contributed by atoms with Crippen LogP contribution in [0.2, 0.25) is 0 Å². The lowest BCUT2D eigenvalue weighted by Crippen LogP contribution is -2.52. The lowest BCUT2D eigenvalue weighted by Gasteiger charge is -2.37. The zero-order valence-corrected chi connectivity index (χ0v) is 9.35. The van der Waals surface area contributed by atoms with Crippen LogP contribution in [0.4, 0.5) is 4.79 Å². The molecule has 0 saturated carbocycles. The molecule has 4 heteroatoms. The maximum atomic E-state index is 11.5. The maximum absolute atomic E-state index is 11.5. The highest BCUT2D eigenvalue weighted by atomic mass is 32.1. The van der Waals surface area contributed by atoms with E-state index in [0.29, 0.717) is 0 Å². The summed E-state index contributed by atoms with van der Waals surface area (Å²) >= 11 is 4.22. The van der Waals surface area contributed by atoms with Crippen molar-refractivity contribution < 1.29 is 4.79 Å². The third kappa shape index (κ3) is 2.18. The number of hydrogen-bond acceptors (Lipinski definition) is 2. The van der Waals surface area contributed by atoms with Crippen molar-refractivity contribution in [1.29, 1.82) is 0 Å². The van der Waals surface area contributed by atoms with Crippen molar-refractivity contribution in [2.45, 2.75) is 38.6 Å². The highest BCUT2D eigenvalue weighted by molar-refractivity contribution is 7.81. The molecule has 2 amide bonds. The summed E-state index contributed by atoms with van der Waals surface area (Å²) in [6.07, 6.45) is 1.86.